The molecule has 0 unspecified atom stereocenters. The maximum atomic E-state index is 12.4. The second-order valence-corrected chi connectivity index (χ2v) is 17.8. The van der Waals surface area contributed by atoms with Gasteiger partial charge < -0.3 is 109 Å². The SMILES string of the molecule is O=C(O)CC(=O)OC[C@H]1O[C@@H](Oc2cc(O)c3c(c2)Oc2c4c5ccccc5n2C(c2ccc(O)cc2)=C(O[C@@H]2O[C@H](COC(=O)CC(=O)O)[C@@H](O)[C@H](O)[C@H]2O[C@@H]2O[C@H](CO)[C@@H](O)[C@H](O)[C@H]2O)[C@@H]34)[C@H](O)[C@@H](O)[C@@H]1O. The summed E-state index contributed by atoms with van der Waals surface area (Å²) in [5, 5.41) is 139. The average Bonchev–Trinajstić information content (AvgIpc) is 3.66. The van der Waals surface area contributed by atoms with Crippen LogP contribution < -0.4 is 9.47 Å². The molecule has 398 valence electrons. The van der Waals surface area contributed by atoms with E-state index >= 15 is 0 Å². The van der Waals surface area contributed by atoms with Crippen LogP contribution in [0.4, 0.5) is 0 Å². The van der Waals surface area contributed by atoms with E-state index in [1.807, 2.05) is 0 Å². The first-order chi connectivity index (χ1) is 35.3. The molecule has 3 saturated heterocycles. The lowest BCUT2D eigenvalue weighted by atomic mass is 9.83. The maximum Gasteiger partial charge on any atom is 0.317 e. The van der Waals surface area contributed by atoms with E-state index in [9.17, 15) is 75.3 Å². The van der Waals surface area contributed by atoms with E-state index in [4.69, 9.17) is 52.8 Å². The van der Waals surface area contributed by atoms with Crippen LogP contribution in [0.15, 0.2) is 66.4 Å². The lowest BCUT2D eigenvalue weighted by molar-refractivity contribution is -0.363. The molecule has 0 saturated carbocycles. The first kappa shape index (κ1) is 52.2. The van der Waals surface area contributed by atoms with Crippen LogP contribution in [0.5, 0.6) is 28.9 Å². The number of carboxylic acids is 2. The third-order valence-electron chi connectivity index (χ3n) is 13.0. The molecule has 4 bridgehead atoms. The number of rotatable bonds is 16. The molecule has 0 spiro atoms. The zero-order chi connectivity index (χ0) is 53.0. The Hall–Kier alpha value is -6.70. The van der Waals surface area contributed by atoms with Gasteiger partial charge in [0.15, 0.2) is 12.4 Å². The summed E-state index contributed by atoms with van der Waals surface area (Å²) in [4.78, 5) is 46.6. The highest BCUT2D eigenvalue weighted by molar-refractivity contribution is 5.98. The Bertz CT molecular complexity index is 2810. The zero-order valence-corrected chi connectivity index (χ0v) is 38.1. The standard InChI is InChI=1S/C47H49NO26/c49-13-23-34(58)37(61)41(65)46(70-23)74-43-39(63)36(60)25(15-67-29(57)12-27(54)55)72-47(43)73-42-32-30-19-3-1-2-4-20(19)48(33(42)16-5-7-17(50)8-6-16)44(30)69-22-10-18(9-21(51)31(22)32)68-45-40(64)38(62)35(59)24(71-45)14-66-28(56)11-26(52)53/h1-10,23-25,32,34-41,43,45-47,49-51,58-65H,11-15H2,(H,52,53)(H,54,55)/t23-,24-,25-,32-,34-,35-,36-,37+,38+,39+,40-,41-,43-,45-,46+,47+/m1/s1. The molecule has 13 N–H and O–H groups in total. The molecule has 9 rings (SSSR count). The highest BCUT2D eigenvalue weighted by Gasteiger charge is 2.54. The number of para-hydroxylation sites is 1. The van der Waals surface area contributed by atoms with E-state index in [-0.39, 0.29) is 40.1 Å². The van der Waals surface area contributed by atoms with Crippen LogP contribution in [0.1, 0.15) is 35.4 Å². The van der Waals surface area contributed by atoms with E-state index < -0.39 is 160 Å². The molecule has 27 heteroatoms. The lowest BCUT2D eigenvalue weighted by Crippen LogP contribution is -2.64. The highest BCUT2D eigenvalue weighted by atomic mass is 16.8. The number of carboxylic acid groups (broad SMARTS) is 2. The number of aromatic nitrogens is 1. The molecule has 1 aromatic heterocycles. The predicted octanol–water partition coefficient (Wildman–Crippen LogP) is -2.61. The van der Waals surface area contributed by atoms with E-state index in [0.29, 0.717) is 22.0 Å². The summed E-state index contributed by atoms with van der Waals surface area (Å²) >= 11 is 0. The molecule has 3 fully saturated rings. The van der Waals surface area contributed by atoms with Crippen LogP contribution >= 0.6 is 0 Å². The van der Waals surface area contributed by atoms with Gasteiger partial charge in [-0.25, -0.2) is 0 Å². The van der Waals surface area contributed by atoms with Crippen LogP contribution in [0.3, 0.4) is 0 Å². The van der Waals surface area contributed by atoms with Gasteiger partial charge in [-0.15, -0.1) is 0 Å². The number of aromatic hydroxyl groups is 2. The Labute approximate surface area is 415 Å². The monoisotopic (exact) mass is 1040 g/mol. The number of esters is 2. The topological polar surface area (TPSA) is 419 Å². The Kier molecular flexibility index (Phi) is 14.7. The van der Waals surface area contributed by atoms with E-state index in [1.54, 1.807) is 28.8 Å². The maximum absolute atomic E-state index is 12.4. The normalized spacial score (nSPS) is 32.2. The second-order valence-electron chi connectivity index (χ2n) is 17.8. The summed E-state index contributed by atoms with van der Waals surface area (Å²) in [5.74, 6) is -7.91. The summed E-state index contributed by atoms with van der Waals surface area (Å²) in [7, 11) is 0. The van der Waals surface area contributed by atoms with Crippen LogP contribution in [0.2, 0.25) is 0 Å². The van der Waals surface area contributed by atoms with Crippen molar-refractivity contribution in [2.24, 2.45) is 0 Å². The molecule has 74 heavy (non-hydrogen) atoms. The van der Waals surface area contributed by atoms with Gasteiger partial charge in [-0.2, -0.15) is 0 Å². The number of hydrogen-bond donors (Lipinski definition) is 13. The zero-order valence-electron chi connectivity index (χ0n) is 38.1. The summed E-state index contributed by atoms with van der Waals surface area (Å²) in [6, 6.07) is 14.9. The Morgan fingerprint density at radius 3 is 1.80 bits per heavy atom. The lowest BCUT2D eigenvalue weighted by Gasteiger charge is -2.46. The van der Waals surface area contributed by atoms with Crippen molar-refractivity contribution in [3.8, 4) is 28.9 Å². The second kappa shape index (κ2) is 20.9. The van der Waals surface area contributed by atoms with Crippen molar-refractivity contribution < 1.29 is 128 Å². The molecule has 5 aliphatic heterocycles. The fraction of sp³-hybridized carbons (Fsp3) is 0.447. The number of ether oxygens (including phenoxy) is 9. The molecular weight excluding hydrogens is 994 g/mol. The number of benzene rings is 3. The summed E-state index contributed by atoms with van der Waals surface area (Å²) in [6.07, 6.45) is -30.5. The number of carbonyl (C=O) groups is 4. The fourth-order valence-electron chi connectivity index (χ4n) is 9.37. The summed E-state index contributed by atoms with van der Waals surface area (Å²) in [5.41, 5.74) is 1.26. The molecule has 27 nitrogen and oxygen atoms in total. The third kappa shape index (κ3) is 9.76. The van der Waals surface area contributed by atoms with Crippen molar-refractivity contribution >= 4 is 40.5 Å². The summed E-state index contributed by atoms with van der Waals surface area (Å²) in [6.45, 7) is -2.53. The quantitative estimate of drug-likeness (QED) is 0.0404. The molecule has 0 aliphatic carbocycles. The van der Waals surface area contributed by atoms with Crippen LogP contribution in [0, 0.1) is 0 Å². The van der Waals surface area contributed by atoms with Gasteiger partial charge in [-0.05, 0) is 30.3 Å². The van der Waals surface area contributed by atoms with E-state index in [2.05, 4.69) is 0 Å². The minimum atomic E-state index is -2.13. The predicted molar refractivity (Wildman–Crippen MR) is 237 cm³/mol. The Morgan fingerprint density at radius 2 is 1.18 bits per heavy atom. The van der Waals surface area contributed by atoms with Gasteiger partial charge in [-0.3, -0.25) is 23.7 Å². The molecule has 5 aliphatic rings. The number of allylic oxidation sites excluding steroid dienone is 1. The van der Waals surface area contributed by atoms with Gasteiger partial charge in [0.05, 0.1) is 29.3 Å². The summed E-state index contributed by atoms with van der Waals surface area (Å²) < 4.78 is 54.3. The first-order valence-electron chi connectivity index (χ1n) is 22.7. The highest BCUT2D eigenvalue weighted by Crippen LogP contribution is 2.61. The number of aliphatic carboxylic acids is 2. The molecular formula is C47H49NO26. The number of phenolic OH excluding ortho intramolecular Hbond substituents is 2. The third-order valence-corrected chi connectivity index (χ3v) is 13.0. The van der Waals surface area contributed by atoms with Gasteiger partial charge >= 0.3 is 23.9 Å². The number of hydrogen-bond acceptors (Lipinski definition) is 24. The van der Waals surface area contributed by atoms with E-state index in [1.165, 1.54) is 30.3 Å². The van der Waals surface area contributed by atoms with Gasteiger partial charge in [0.25, 0.3) is 0 Å². The number of fused-ring (bicyclic) bond motifs is 4. The minimum Gasteiger partial charge on any atom is -0.508 e. The van der Waals surface area contributed by atoms with Gasteiger partial charge in [0, 0.05) is 28.6 Å². The number of aliphatic hydroxyl groups excluding tert-OH is 9. The van der Waals surface area contributed by atoms with Crippen LogP contribution in [0.25, 0.3) is 16.6 Å². The van der Waals surface area contributed by atoms with Crippen molar-refractivity contribution in [2.75, 3.05) is 19.8 Å². The Balaban J connectivity index is 1.14. The van der Waals surface area contributed by atoms with Gasteiger partial charge in [0.2, 0.25) is 18.5 Å². The Morgan fingerprint density at radius 1 is 0.608 bits per heavy atom. The molecule has 0 radical (unpaired) electrons. The smallest absolute Gasteiger partial charge is 0.317 e. The van der Waals surface area contributed by atoms with Gasteiger partial charge in [-0.1, -0.05) is 18.2 Å². The van der Waals surface area contributed by atoms with Crippen molar-refractivity contribution in [1.82, 2.24) is 4.57 Å². The van der Waals surface area contributed by atoms with E-state index in [0.717, 1.165) is 6.07 Å². The largest absolute Gasteiger partial charge is 0.508 e. The number of phenols is 2. The molecule has 4 aromatic rings. The van der Waals surface area contributed by atoms with Gasteiger partial charge in [0.1, 0.15) is 122 Å². The first-order valence-corrected chi connectivity index (χ1v) is 22.7. The molecule has 0 amide bonds. The average molecular weight is 1040 g/mol. The van der Waals surface area contributed by atoms with Crippen molar-refractivity contribution in [3.05, 3.63) is 83.1 Å². The van der Waals surface area contributed by atoms with Crippen molar-refractivity contribution in [2.45, 2.75) is 111 Å². The number of nitrogens with zero attached hydrogens (tertiary/aromatic N) is 1. The number of carbonyl (C=O) groups excluding carboxylic acids is 2. The molecule has 6 heterocycles. The molecule has 16 atom stereocenters. The van der Waals surface area contributed by atoms with Crippen molar-refractivity contribution in [3.63, 3.8) is 0 Å². The van der Waals surface area contributed by atoms with Crippen LogP contribution in [-0.4, -0.2) is 207 Å². The molecule has 3 aromatic carbocycles. The van der Waals surface area contributed by atoms with Crippen molar-refractivity contribution in [1.29, 1.82) is 0 Å². The number of aliphatic hydroxyl groups is 9. The fourth-order valence-corrected chi connectivity index (χ4v) is 9.37. The van der Waals surface area contributed by atoms with Crippen LogP contribution in [-0.2, 0) is 52.3 Å². The minimum absolute atomic E-state index is 0.0375.